The zero-order chi connectivity index (χ0) is 22.3. The van der Waals surface area contributed by atoms with Gasteiger partial charge in [-0.1, -0.05) is 26.0 Å². The Hall–Kier alpha value is -3.36. The van der Waals surface area contributed by atoms with Gasteiger partial charge in [-0.25, -0.2) is 0 Å². The van der Waals surface area contributed by atoms with E-state index < -0.39 is 5.91 Å². The molecule has 2 aromatic rings. The third kappa shape index (κ3) is 6.33. The number of nitrogens with one attached hydrogen (secondary N) is 2. The monoisotopic (exact) mass is 413 g/mol. The average molecular weight is 414 g/mol. The summed E-state index contributed by atoms with van der Waals surface area (Å²) in [4.78, 5) is 29.1. The summed E-state index contributed by atoms with van der Waals surface area (Å²) in [5, 5.41) is 10.4. The summed E-state index contributed by atoms with van der Waals surface area (Å²) in [7, 11) is 5.66. The Morgan fingerprint density at radius 3 is 2.47 bits per heavy atom. The molecule has 9 heteroatoms. The number of carbonyl (C=O) groups is 2. The average Bonchev–Trinajstić information content (AvgIpc) is 3.07. The highest BCUT2D eigenvalue weighted by Crippen LogP contribution is 2.18. The van der Waals surface area contributed by atoms with E-state index in [1.165, 1.54) is 5.56 Å². The molecule has 0 unspecified atom stereocenters. The lowest BCUT2D eigenvalue weighted by Crippen LogP contribution is -2.38. The molecule has 0 radical (unpaired) electrons. The van der Waals surface area contributed by atoms with Gasteiger partial charge in [0.2, 0.25) is 5.91 Å². The molecular formula is C21H31N7O2. The minimum absolute atomic E-state index is 0.180. The number of nitrogens with zero attached hydrogens (tertiary/aromatic N) is 4. The summed E-state index contributed by atoms with van der Waals surface area (Å²) in [5.74, 6) is 0.202. The minimum Gasteiger partial charge on any atom is -0.368 e. The van der Waals surface area contributed by atoms with Gasteiger partial charge in [-0.2, -0.15) is 5.10 Å². The first-order valence-corrected chi connectivity index (χ1v) is 9.80. The van der Waals surface area contributed by atoms with Crippen LogP contribution in [0.3, 0.4) is 0 Å². The van der Waals surface area contributed by atoms with Gasteiger partial charge >= 0.3 is 0 Å². The van der Waals surface area contributed by atoms with Gasteiger partial charge in [0.1, 0.15) is 0 Å². The van der Waals surface area contributed by atoms with Crippen LogP contribution in [0.2, 0.25) is 0 Å². The van der Waals surface area contributed by atoms with Crippen LogP contribution in [0.15, 0.2) is 35.5 Å². The van der Waals surface area contributed by atoms with Gasteiger partial charge in [0.25, 0.3) is 5.91 Å². The van der Waals surface area contributed by atoms with Crippen LogP contribution in [0.25, 0.3) is 0 Å². The van der Waals surface area contributed by atoms with E-state index in [1.807, 2.05) is 37.1 Å². The second-order valence-electron chi connectivity index (χ2n) is 7.47. The zero-order valence-corrected chi connectivity index (χ0v) is 18.3. The lowest BCUT2D eigenvalue weighted by molar-refractivity contribution is -0.117. The lowest BCUT2D eigenvalue weighted by Gasteiger charge is -2.22. The minimum atomic E-state index is -0.577. The molecule has 0 bridgehead atoms. The molecule has 4 N–H and O–H groups in total. The van der Waals surface area contributed by atoms with Crippen molar-refractivity contribution in [3.63, 3.8) is 0 Å². The van der Waals surface area contributed by atoms with Crippen molar-refractivity contribution in [3.8, 4) is 0 Å². The zero-order valence-electron chi connectivity index (χ0n) is 18.3. The van der Waals surface area contributed by atoms with Gasteiger partial charge in [0.05, 0.1) is 12.2 Å². The fourth-order valence-corrected chi connectivity index (χ4v) is 3.10. The van der Waals surface area contributed by atoms with Crippen molar-refractivity contribution in [1.29, 1.82) is 0 Å². The number of hydrogen-bond donors (Lipinski definition) is 3. The molecule has 1 aromatic heterocycles. The molecule has 30 heavy (non-hydrogen) atoms. The number of benzene rings is 1. The van der Waals surface area contributed by atoms with Crippen LogP contribution in [-0.4, -0.2) is 53.1 Å². The van der Waals surface area contributed by atoms with Crippen LogP contribution in [-0.2, 0) is 24.9 Å². The third-order valence-corrected chi connectivity index (χ3v) is 4.55. The van der Waals surface area contributed by atoms with Crippen molar-refractivity contribution in [1.82, 2.24) is 25.3 Å². The van der Waals surface area contributed by atoms with Crippen molar-refractivity contribution in [2.24, 2.45) is 17.8 Å². The Bertz CT molecular complexity index is 901. The van der Waals surface area contributed by atoms with E-state index in [1.54, 1.807) is 19.2 Å². The van der Waals surface area contributed by atoms with Gasteiger partial charge in [0, 0.05) is 51.6 Å². The summed E-state index contributed by atoms with van der Waals surface area (Å²) in [6.07, 6.45) is 2.04. The van der Waals surface area contributed by atoms with Gasteiger partial charge in [-0.05, 0) is 23.6 Å². The first-order chi connectivity index (χ1) is 14.2. The molecule has 2 amide bonds. The van der Waals surface area contributed by atoms with Crippen molar-refractivity contribution in [2.75, 3.05) is 20.6 Å². The SMILES string of the molecule is CN=C(NCc1ccc(C(=O)NCC(N)=O)cc1)N(C)Cc1cn(C)nc1C(C)C. The summed E-state index contributed by atoms with van der Waals surface area (Å²) < 4.78 is 1.84. The Morgan fingerprint density at radius 2 is 1.90 bits per heavy atom. The van der Waals surface area contributed by atoms with Crippen molar-refractivity contribution in [2.45, 2.75) is 32.9 Å². The number of primary amides is 1. The third-order valence-electron chi connectivity index (χ3n) is 4.55. The molecule has 0 aliphatic heterocycles. The smallest absolute Gasteiger partial charge is 0.251 e. The van der Waals surface area contributed by atoms with Crippen LogP contribution in [0.1, 0.15) is 46.9 Å². The Labute approximate surface area is 177 Å². The van der Waals surface area contributed by atoms with Gasteiger partial charge in [0.15, 0.2) is 5.96 Å². The number of aliphatic imine (C=N–C) groups is 1. The van der Waals surface area contributed by atoms with E-state index >= 15 is 0 Å². The van der Waals surface area contributed by atoms with E-state index in [0.717, 1.165) is 17.2 Å². The standard InChI is InChI=1S/C21H31N7O2/c1-14(2)19-17(13-28(5)26-19)12-27(4)21(23-3)25-10-15-6-8-16(9-7-15)20(30)24-11-18(22)29/h6-9,13-14H,10-12H2,1-5H3,(H2,22,29)(H,23,25)(H,24,30). The maximum atomic E-state index is 11.9. The molecule has 0 spiro atoms. The predicted molar refractivity (Wildman–Crippen MR) is 117 cm³/mol. The second kappa shape index (κ2) is 10.4. The number of aromatic nitrogens is 2. The largest absolute Gasteiger partial charge is 0.368 e. The molecule has 2 rings (SSSR count). The van der Waals surface area contributed by atoms with E-state index in [9.17, 15) is 9.59 Å². The van der Waals surface area contributed by atoms with Gasteiger partial charge < -0.3 is 21.3 Å². The van der Waals surface area contributed by atoms with E-state index in [2.05, 4.69) is 39.5 Å². The Morgan fingerprint density at radius 1 is 1.23 bits per heavy atom. The molecule has 9 nitrogen and oxygen atoms in total. The number of nitrogens with two attached hydrogens (primary N) is 1. The van der Waals surface area contributed by atoms with Crippen LogP contribution >= 0.6 is 0 Å². The molecule has 0 fully saturated rings. The van der Waals surface area contributed by atoms with E-state index in [-0.39, 0.29) is 12.5 Å². The number of carbonyl (C=O) groups excluding carboxylic acids is 2. The summed E-state index contributed by atoms with van der Waals surface area (Å²) in [6, 6.07) is 7.14. The highest BCUT2D eigenvalue weighted by molar-refractivity contribution is 5.96. The first-order valence-electron chi connectivity index (χ1n) is 9.80. The summed E-state index contributed by atoms with van der Waals surface area (Å²) in [6.45, 7) is 5.35. The molecule has 0 saturated carbocycles. The fourth-order valence-electron chi connectivity index (χ4n) is 3.10. The lowest BCUT2D eigenvalue weighted by atomic mass is 10.1. The predicted octanol–water partition coefficient (Wildman–Crippen LogP) is 0.966. The maximum absolute atomic E-state index is 11.9. The fraction of sp³-hybridized carbons (Fsp3) is 0.429. The molecule has 0 atom stereocenters. The van der Waals surface area contributed by atoms with Crippen LogP contribution in [0.4, 0.5) is 0 Å². The van der Waals surface area contributed by atoms with E-state index in [0.29, 0.717) is 24.6 Å². The Kier molecular flexibility index (Phi) is 7.97. The van der Waals surface area contributed by atoms with E-state index in [4.69, 9.17) is 5.73 Å². The Balaban J connectivity index is 1.95. The molecule has 0 aliphatic rings. The highest BCUT2D eigenvalue weighted by Gasteiger charge is 2.15. The quantitative estimate of drug-likeness (QED) is 0.440. The van der Waals surface area contributed by atoms with Crippen molar-refractivity contribution < 1.29 is 9.59 Å². The number of amides is 2. The normalized spacial score (nSPS) is 11.5. The first kappa shape index (κ1) is 22.9. The molecule has 0 aliphatic carbocycles. The van der Waals surface area contributed by atoms with Gasteiger partial charge in [-0.3, -0.25) is 19.3 Å². The van der Waals surface area contributed by atoms with Crippen LogP contribution in [0.5, 0.6) is 0 Å². The molecular weight excluding hydrogens is 382 g/mol. The summed E-state index contributed by atoms with van der Waals surface area (Å²) in [5.41, 5.74) is 8.77. The summed E-state index contributed by atoms with van der Waals surface area (Å²) >= 11 is 0. The number of guanidine groups is 1. The molecule has 1 heterocycles. The topological polar surface area (TPSA) is 118 Å². The number of hydrogen-bond acceptors (Lipinski definition) is 4. The second-order valence-corrected chi connectivity index (χ2v) is 7.47. The number of aryl methyl sites for hydroxylation is 1. The molecule has 1 aromatic carbocycles. The van der Waals surface area contributed by atoms with Crippen molar-refractivity contribution >= 4 is 17.8 Å². The van der Waals surface area contributed by atoms with Crippen molar-refractivity contribution in [3.05, 3.63) is 52.8 Å². The maximum Gasteiger partial charge on any atom is 0.251 e. The van der Waals surface area contributed by atoms with Gasteiger partial charge in [-0.15, -0.1) is 0 Å². The molecule has 0 saturated heterocycles. The van der Waals surface area contributed by atoms with Crippen LogP contribution < -0.4 is 16.4 Å². The van der Waals surface area contributed by atoms with Crippen LogP contribution in [0, 0.1) is 0 Å². The number of rotatable bonds is 8. The highest BCUT2D eigenvalue weighted by atomic mass is 16.2. The molecule has 162 valence electrons.